The lowest BCUT2D eigenvalue weighted by atomic mass is 10.1. The van der Waals surface area contributed by atoms with Crippen LogP contribution in [0.15, 0.2) is 53.0 Å². The van der Waals surface area contributed by atoms with Crippen molar-refractivity contribution in [3.8, 4) is 0 Å². The van der Waals surface area contributed by atoms with Crippen LogP contribution in [0, 0.1) is 6.92 Å². The number of nitrogens with zero attached hydrogens (tertiary/aromatic N) is 1. The SMILES string of the molecule is CCNC(=O)[C@@H](C)N(Cc1cccc(Br)c1)C(=O)Cc1cccc(C)c1. The highest BCUT2D eigenvalue weighted by Crippen LogP contribution is 2.16. The number of halogens is 1. The van der Waals surface area contributed by atoms with Gasteiger partial charge in [-0.3, -0.25) is 9.59 Å². The lowest BCUT2D eigenvalue weighted by Gasteiger charge is -2.29. The number of amides is 2. The third-order valence-electron chi connectivity index (χ3n) is 4.20. The van der Waals surface area contributed by atoms with Crippen molar-refractivity contribution in [2.75, 3.05) is 6.54 Å². The molecule has 4 nitrogen and oxygen atoms in total. The van der Waals surface area contributed by atoms with Crippen molar-refractivity contribution >= 4 is 27.7 Å². The molecule has 2 aromatic rings. The first-order chi connectivity index (χ1) is 12.4. The lowest BCUT2D eigenvalue weighted by Crippen LogP contribution is -2.48. The fourth-order valence-corrected chi connectivity index (χ4v) is 3.28. The quantitative estimate of drug-likeness (QED) is 0.744. The molecular formula is C21H25BrN2O2. The monoisotopic (exact) mass is 416 g/mol. The molecule has 0 saturated heterocycles. The molecule has 0 aliphatic carbocycles. The minimum absolute atomic E-state index is 0.0608. The Balaban J connectivity index is 2.23. The first-order valence-electron chi connectivity index (χ1n) is 8.78. The number of carbonyl (C=O) groups excluding carboxylic acids is 2. The second kappa shape index (κ2) is 9.53. The molecule has 0 aliphatic heterocycles. The Kier molecular flexibility index (Phi) is 7.39. The smallest absolute Gasteiger partial charge is 0.242 e. The van der Waals surface area contributed by atoms with Gasteiger partial charge < -0.3 is 10.2 Å². The minimum atomic E-state index is -0.536. The van der Waals surface area contributed by atoms with Crippen LogP contribution in [0.3, 0.4) is 0 Å². The third kappa shape index (κ3) is 5.70. The van der Waals surface area contributed by atoms with Crippen LogP contribution in [0.4, 0.5) is 0 Å². The molecule has 0 aliphatic rings. The van der Waals surface area contributed by atoms with Gasteiger partial charge in [-0.15, -0.1) is 0 Å². The summed E-state index contributed by atoms with van der Waals surface area (Å²) in [5.74, 6) is -0.200. The van der Waals surface area contributed by atoms with Gasteiger partial charge in [0.15, 0.2) is 0 Å². The molecule has 5 heteroatoms. The van der Waals surface area contributed by atoms with Gasteiger partial charge in [0.1, 0.15) is 6.04 Å². The summed E-state index contributed by atoms with van der Waals surface area (Å²) in [5.41, 5.74) is 3.05. The molecule has 26 heavy (non-hydrogen) atoms. The molecule has 0 spiro atoms. The van der Waals surface area contributed by atoms with Crippen molar-refractivity contribution in [1.29, 1.82) is 0 Å². The van der Waals surface area contributed by atoms with Crippen LogP contribution in [-0.2, 0) is 22.6 Å². The van der Waals surface area contributed by atoms with Crippen LogP contribution >= 0.6 is 15.9 Å². The summed E-state index contributed by atoms with van der Waals surface area (Å²) in [4.78, 5) is 27.0. The van der Waals surface area contributed by atoms with Gasteiger partial charge in [-0.25, -0.2) is 0 Å². The molecule has 0 aromatic heterocycles. The molecule has 0 bridgehead atoms. The van der Waals surface area contributed by atoms with Crippen molar-refractivity contribution in [3.63, 3.8) is 0 Å². The summed E-state index contributed by atoms with van der Waals surface area (Å²) >= 11 is 3.46. The van der Waals surface area contributed by atoms with Crippen LogP contribution in [-0.4, -0.2) is 29.3 Å². The Hall–Kier alpha value is -2.14. The van der Waals surface area contributed by atoms with E-state index in [1.807, 2.05) is 62.4 Å². The first kappa shape index (κ1) is 20.2. The molecule has 0 unspecified atom stereocenters. The largest absolute Gasteiger partial charge is 0.355 e. The molecule has 1 N–H and O–H groups in total. The zero-order valence-corrected chi connectivity index (χ0v) is 17.0. The normalized spacial score (nSPS) is 11.7. The van der Waals surface area contributed by atoms with E-state index in [0.717, 1.165) is 21.2 Å². The Labute approximate surface area is 163 Å². The Morgan fingerprint density at radius 1 is 1.12 bits per heavy atom. The highest BCUT2D eigenvalue weighted by Gasteiger charge is 2.25. The second-order valence-electron chi connectivity index (χ2n) is 6.39. The van der Waals surface area contributed by atoms with Gasteiger partial charge in [-0.05, 0) is 44.0 Å². The van der Waals surface area contributed by atoms with Gasteiger partial charge in [-0.1, -0.05) is 57.9 Å². The Morgan fingerprint density at radius 3 is 2.46 bits per heavy atom. The summed E-state index contributed by atoms with van der Waals surface area (Å²) < 4.78 is 0.951. The summed E-state index contributed by atoms with van der Waals surface area (Å²) in [6.07, 6.45) is 0.277. The number of likely N-dealkylation sites (N-methyl/N-ethyl adjacent to an activating group) is 1. The maximum Gasteiger partial charge on any atom is 0.242 e. The molecule has 138 valence electrons. The van der Waals surface area contributed by atoms with Crippen molar-refractivity contribution < 1.29 is 9.59 Å². The summed E-state index contributed by atoms with van der Waals surface area (Å²) in [6, 6.07) is 15.2. The van der Waals surface area contributed by atoms with E-state index in [0.29, 0.717) is 13.1 Å². The number of hydrogen-bond donors (Lipinski definition) is 1. The van der Waals surface area contributed by atoms with E-state index in [4.69, 9.17) is 0 Å². The van der Waals surface area contributed by atoms with E-state index < -0.39 is 6.04 Å². The molecule has 2 aromatic carbocycles. The van der Waals surface area contributed by atoms with E-state index in [2.05, 4.69) is 21.2 Å². The van der Waals surface area contributed by atoms with Crippen molar-refractivity contribution in [2.24, 2.45) is 0 Å². The number of aryl methyl sites for hydroxylation is 1. The number of nitrogens with one attached hydrogen (secondary N) is 1. The Morgan fingerprint density at radius 2 is 1.81 bits per heavy atom. The predicted octanol–water partition coefficient (Wildman–Crippen LogP) is 3.85. The van der Waals surface area contributed by atoms with Crippen LogP contribution in [0.1, 0.15) is 30.5 Å². The number of benzene rings is 2. The van der Waals surface area contributed by atoms with Gasteiger partial charge >= 0.3 is 0 Å². The van der Waals surface area contributed by atoms with E-state index in [9.17, 15) is 9.59 Å². The van der Waals surface area contributed by atoms with Crippen molar-refractivity contribution in [3.05, 3.63) is 69.7 Å². The van der Waals surface area contributed by atoms with Crippen molar-refractivity contribution in [2.45, 2.75) is 39.8 Å². The molecule has 1 atom stereocenters. The molecule has 0 fully saturated rings. The number of rotatable bonds is 7. The van der Waals surface area contributed by atoms with Gasteiger partial charge in [0.05, 0.1) is 6.42 Å². The average Bonchev–Trinajstić information content (AvgIpc) is 2.59. The van der Waals surface area contributed by atoms with E-state index in [1.165, 1.54) is 0 Å². The maximum atomic E-state index is 13.0. The van der Waals surface area contributed by atoms with Crippen molar-refractivity contribution in [1.82, 2.24) is 10.2 Å². The molecule has 0 saturated carbocycles. The van der Waals surface area contributed by atoms with Crippen LogP contribution < -0.4 is 5.32 Å². The maximum absolute atomic E-state index is 13.0. The fourth-order valence-electron chi connectivity index (χ4n) is 2.83. The number of hydrogen-bond acceptors (Lipinski definition) is 2. The molecule has 2 rings (SSSR count). The zero-order valence-electron chi connectivity index (χ0n) is 15.5. The minimum Gasteiger partial charge on any atom is -0.355 e. The van der Waals surface area contributed by atoms with Gasteiger partial charge in [-0.2, -0.15) is 0 Å². The van der Waals surface area contributed by atoms with Gasteiger partial charge in [0.25, 0.3) is 0 Å². The van der Waals surface area contributed by atoms with E-state index in [1.54, 1.807) is 11.8 Å². The average molecular weight is 417 g/mol. The fraction of sp³-hybridized carbons (Fsp3) is 0.333. The highest BCUT2D eigenvalue weighted by atomic mass is 79.9. The zero-order chi connectivity index (χ0) is 19.1. The lowest BCUT2D eigenvalue weighted by molar-refractivity contribution is -0.140. The van der Waals surface area contributed by atoms with Gasteiger partial charge in [0, 0.05) is 17.6 Å². The summed E-state index contributed by atoms with van der Waals surface area (Å²) in [6.45, 7) is 6.59. The van der Waals surface area contributed by atoms with Crippen LogP contribution in [0.5, 0.6) is 0 Å². The summed E-state index contributed by atoms with van der Waals surface area (Å²) in [5, 5.41) is 2.81. The van der Waals surface area contributed by atoms with Gasteiger partial charge in [0.2, 0.25) is 11.8 Å². The second-order valence-corrected chi connectivity index (χ2v) is 7.30. The number of carbonyl (C=O) groups is 2. The van der Waals surface area contributed by atoms with E-state index in [-0.39, 0.29) is 18.2 Å². The molecule has 2 amide bonds. The van der Waals surface area contributed by atoms with Crippen LogP contribution in [0.2, 0.25) is 0 Å². The van der Waals surface area contributed by atoms with Crippen LogP contribution in [0.25, 0.3) is 0 Å². The Bertz CT molecular complexity index is 776. The molecule has 0 radical (unpaired) electrons. The topological polar surface area (TPSA) is 49.4 Å². The standard InChI is InChI=1S/C21H25BrN2O2/c1-4-23-21(26)16(3)24(14-18-9-6-10-19(22)12-18)20(25)13-17-8-5-7-15(2)11-17/h5-12,16H,4,13-14H2,1-3H3,(H,23,26)/t16-/m1/s1. The predicted molar refractivity (Wildman–Crippen MR) is 108 cm³/mol. The molecule has 0 heterocycles. The van der Waals surface area contributed by atoms with E-state index >= 15 is 0 Å². The summed E-state index contributed by atoms with van der Waals surface area (Å²) in [7, 11) is 0. The first-order valence-corrected chi connectivity index (χ1v) is 9.57. The molecular weight excluding hydrogens is 392 g/mol. The highest BCUT2D eigenvalue weighted by molar-refractivity contribution is 9.10. The third-order valence-corrected chi connectivity index (χ3v) is 4.69.